The molecule has 1 atom stereocenters. The first-order chi connectivity index (χ1) is 24.1. The fraction of sp³-hybridized carbons (Fsp3) is 0.257. The van der Waals surface area contributed by atoms with Crippen LogP contribution in [0.4, 0.5) is 28.9 Å². The number of benzene rings is 3. The van der Waals surface area contributed by atoms with Gasteiger partial charge in [-0.2, -0.15) is 18.4 Å². The molecule has 0 spiro atoms. The number of alkyl halides is 3. The molecule has 6 rings (SSSR count). The van der Waals surface area contributed by atoms with Crippen molar-refractivity contribution >= 4 is 63.3 Å². The molecule has 262 valence electrons. The molecule has 3 heterocycles. The van der Waals surface area contributed by atoms with Crippen LogP contribution in [0.15, 0.2) is 65.3 Å². The van der Waals surface area contributed by atoms with Gasteiger partial charge in [0.1, 0.15) is 29.3 Å². The summed E-state index contributed by atoms with van der Waals surface area (Å²) in [6.07, 6.45) is -2.84. The average Bonchev–Trinajstić information content (AvgIpc) is 3.56. The third-order valence-corrected chi connectivity index (χ3v) is 9.02. The molecule has 2 aliphatic rings. The van der Waals surface area contributed by atoms with E-state index in [4.69, 9.17) is 26.6 Å². The molecule has 0 bridgehead atoms. The predicted molar refractivity (Wildman–Crippen MR) is 178 cm³/mol. The van der Waals surface area contributed by atoms with Gasteiger partial charge in [-0.3, -0.25) is 29.4 Å². The number of hydrogen-bond acceptors (Lipinski definition) is 8. The highest BCUT2D eigenvalue weighted by Crippen LogP contribution is 2.40. The summed E-state index contributed by atoms with van der Waals surface area (Å²) in [5.41, 5.74) is -2.64. The number of thiocarbonyl (C=S) groups is 1. The summed E-state index contributed by atoms with van der Waals surface area (Å²) in [7, 11) is 0. The molecule has 2 saturated heterocycles. The first-order valence-corrected chi connectivity index (χ1v) is 15.9. The SMILES string of the molecule is CC1(C)C(=O)N(c2ccc(C#N)c(C(F)(F)F)c2)C(=S)N1c1ccc(C(=O)NCCOc2ccc3occ(C4CCC(=O)NC4=O)c3c2)c(F)c1. The number of rotatable bonds is 8. The second kappa shape index (κ2) is 13.1. The van der Waals surface area contributed by atoms with E-state index in [0.717, 1.165) is 17.0 Å². The van der Waals surface area contributed by atoms with Crippen LogP contribution in [0.3, 0.4) is 0 Å². The minimum Gasteiger partial charge on any atom is -0.492 e. The van der Waals surface area contributed by atoms with E-state index >= 15 is 4.39 Å². The molecule has 0 aliphatic carbocycles. The largest absolute Gasteiger partial charge is 0.492 e. The summed E-state index contributed by atoms with van der Waals surface area (Å²) < 4.78 is 67.6. The number of carbonyl (C=O) groups excluding carboxylic acids is 4. The van der Waals surface area contributed by atoms with E-state index in [-0.39, 0.29) is 47.5 Å². The lowest BCUT2D eigenvalue weighted by molar-refractivity contribution is -0.138. The number of nitriles is 1. The second-order valence-electron chi connectivity index (χ2n) is 12.3. The Morgan fingerprint density at radius 3 is 2.55 bits per heavy atom. The van der Waals surface area contributed by atoms with Gasteiger partial charge in [0, 0.05) is 23.1 Å². The number of furan rings is 1. The van der Waals surface area contributed by atoms with E-state index in [1.54, 1.807) is 18.2 Å². The van der Waals surface area contributed by atoms with Gasteiger partial charge in [0.05, 0.1) is 47.2 Å². The van der Waals surface area contributed by atoms with Gasteiger partial charge in [-0.15, -0.1) is 0 Å². The van der Waals surface area contributed by atoms with E-state index in [1.807, 2.05) is 0 Å². The van der Waals surface area contributed by atoms with Gasteiger partial charge < -0.3 is 19.4 Å². The van der Waals surface area contributed by atoms with Crippen LogP contribution in [0.2, 0.25) is 0 Å². The molecule has 0 saturated carbocycles. The third kappa shape index (κ3) is 6.47. The molecule has 2 aliphatic heterocycles. The van der Waals surface area contributed by atoms with Gasteiger partial charge in [-0.25, -0.2) is 4.39 Å². The standard InChI is InChI=1S/C35H27F4N5O6S/c1-34(2)32(48)43(19-4-3-18(16-40)26(13-19)35(37,38)39)33(51)44(34)20-5-7-23(27(36)14-20)30(46)41-11-12-49-21-6-9-28-24(15-21)25(17-50-28)22-8-10-29(45)42-31(22)47/h3-7,9,13-15,17,22H,8,10-12H2,1-2H3,(H,41,46)(H,42,45,47). The average molecular weight is 722 g/mol. The Balaban J connectivity index is 1.12. The molecule has 51 heavy (non-hydrogen) atoms. The van der Waals surface area contributed by atoms with Gasteiger partial charge in [-0.1, -0.05) is 0 Å². The van der Waals surface area contributed by atoms with Crippen molar-refractivity contribution in [3.05, 3.63) is 88.9 Å². The Hall–Kier alpha value is -5.82. The van der Waals surface area contributed by atoms with E-state index in [0.29, 0.717) is 34.8 Å². The van der Waals surface area contributed by atoms with Gasteiger partial charge >= 0.3 is 6.18 Å². The Morgan fingerprint density at radius 1 is 1.12 bits per heavy atom. The Bertz CT molecular complexity index is 2180. The molecule has 3 aromatic carbocycles. The predicted octanol–water partition coefficient (Wildman–Crippen LogP) is 5.71. The van der Waals surface area contributed by atoms with Gasteiger partial charge in [0.2, 0.25) is 11.8 Å². The summed E-state index contributed by atoms with van der Waals surface area (Å²) in [6.45, 7) is 2.92. The van der Waals surface area contributed by atoms with E-state index < -0.39 is 52.3 Å². The highest BCUT2D eigenvalue weighted by molar-refractivity contribution is 7.81. The van der Waals surface area contributed by atoms with Crippen LogP contribution in [-0.2, 0) is 20.6 Å². The van der Waals surface area contributed by atoms with Crippen LogP contribution in [0.25, 0.3) is 11.0 Å². The Labute approximate surface area is 292 Å². The maximum Gasteiger partial charge on any atom is 0.417 e. The minimum absolute atomic E-state index is 0.00212. The van der Waals surface area contributed by atoms with E-state index in [1.165, 1.54) is 49.3 Å². The summed E-state index contributed by atoms with van der Waals surface area (Å²) >= 11 is 5.49. The van der Waals surface area contributed by atoms with Gasteiger partial charge in [0.15, 0.2) is 5.11 Å². The van der Waals surface area contributed by atoms with E-state index in [9.17, 15) is 32.3 Å². The van der Waals surface area contributed by atoms with Gasteiger partial charge in [0.25, 0.3) is 11.8 Å². The lowest BCUT2D eigenvalue weighted by Gasteiger charge is -2.29. The highest BCUT2D eigenvalue weighted by atomic mass is 32.1. The van der Waals surface area contributed by atoms with Crippen LogP contribution in [0.5, 0.6) is 5.75 Å². The number of fused-ring (bicyclic) bond motifs is 1. The lowest BCUT2D eigenvalue weighted by atomic mass is 9.90. The second-order valence-corrected chi connectivity index (χ2v) is 12.6. The van der Waals surface area contributed by atoms with Crippen molar-refractivity contribution in [1.29, 1.82) is 5.26 Å². The first-order valence-electron chi connectivity index (χ1n) is 15.5. The molecule has 0 radical (unpaired) electrons. The number of amides is 4. The molecule has 4 amide bonds. The lowest BCUT2D eigenvalue weighted by Crippen LogP contribution is -2.44. The van der Waals surface area contributed by atoms with Crippen LogP contribution in [0, 0.1) is 17.1 Å². The van der Waals surface area contributed by atoms with Crippen molar-refractivity contribution in [3.63, 3.8) is 0 Å². The van der Waals surface area contributed by atoms with Crippen LogP contribution >= 0.6 is 12.2 Å². The van der Waals surface area contributed by atoms with Crippen molar-refractivity contribution in [2.24, 2.45) is 0 Å². The zero-order chi connectivity index (χ0) is 36.8. The number of hydrogen-bond donors (Lipinski definition) is 2. The van der Waals surface area contributed by atoms with Crippen molar-refractivity contribution in [2.75, 3.05) is 23.0 Å². The molecule has 2 N–H and O–H groups in total. The topological polar surface area (TPSA) is 145 Å². The Morgan fingerprint density at radius 2 is 1.86 bits per heavy atom. The third-order valence-electron chi connectivity index (χ3n) is 8.66. The smallest absolute Gasteiger partial charge is 0.417 e. The maximum atomic E-state index is 15.4. The van der Waals surface area contributed by atoms with Crippen molar-refractivity contribution in [3.8, 4) is 11.8 Å². The minimum atomic E-state index is -4.87. The van der Waals surface area contributed by atoms with Crippen molar-refractivity contribution in [1.82, 2.24) is 10.6 Å². The highest BCUT2D eigenvalue weighted by Gasteiger charge is 2.51. The molecule has 1 aromatic heterocycles. The van der Waals surface area contributed by atoms with Crippen molar-refractivity contribution < 1.29 is 45.9 Å². The summed E-state index contributed by atoms with van der Waals surface area (Å²) in [4.78, 5) is 52.4. The summed E-state index contributed by atoms with van der Waals surface area (Å²) in [6, 6.07) is 12.8. The molecule has 1 unspecified atom stereocenters. The monoisotopic (exact) mass is 721 g/mol. The van der Waals surface area contributed by atoms with Crippen LogP contribution < -0.4 is 25.2 Å². The molecule has 11 nitrogen and oxygen atoms in total. The van der Waals surface area contributed by atoms with Gasteiger partial charge in [-0.05, 0) is 87.1 Å². The van der Waals surface area contributed by atoms with Crippen molar-refractivity contribution in [2.45, 2.75) is 44.3 Å². The number of carbonyl (C=O) groups is 4. The Kier molecular flexibility index (Phi) is 9.02. The molecular weight excluding hydrogens is 694 g/mol. The molecular formula is C35H27F4N5O6S. The zero-order valence-corrected chi connectivity index (χ0v) is 27.7. The maximum absolute atomic E-state index is 15.4. The normalized spacial score (nSPS) is 17.5. The fourth-order valence-electron chi connectivity index (χ4n) is 6.09. The number of nitrogens with one attached hydrogen (secondary N) is 2. The number of anilines is 2. The number of piperidine rings is 1. The number of imide groups is 1. The van der Waals surface area contributed by atoms with E-state index in [2.05, 4.69) is 10.6 Å². The zero-order valence-electron chi connectivity index (χ0n) is 26.9. The summed E-state index contributed by atoms with van der Waals surface area (Å²) in [5.74, 6) is -3.26. The first kappa shape index (κ1) is 35.0. The number of nitrogens with zero attached hydrogens (tertiary/aromatic N) is 3. The number of halogens is 4. The van der Waals surface area contributed by atoms with Crippen LogP contribution in [-0.4, -0.2) is 47.4 Å². The fourth-order valence-corrected chi connectivity index (χ4v) is 6.62. The van der Waals surface area contributed by atoms with Crippen LogP contribution in [0.1, 0.15) is 59.7 Å². The molecule has 16 heteroatoms. The number of ether oxygens (including phenoxy) is 1. The molecule has 4 aromatic rings. The molecule has 2 fully saturated rings. The quantitative estimate of drug-likeness (QED) is 0.101. The summed E-state index contributed by atoms with van der Waals surface area (Å²) in [5, 5.41) is 14.4.